The molecule has 0 saturated heterocycles. The second-order valence-electron chi connectivity index (χ2n) is 3.56. The molecular weight excluding hydrogens is 312 g/mol. The molecule has 0 bridgehead atoms. The van der Waals surface area contributed by atoms with Gasteiger partial charge in [-0.05, 0) is 12.3 Å². The lowest BCUT2D eigenvalue weighted by Gasteiger charge is -2.08. The minimum atomic E-state index is -0.436. The molecule has 0 spiro atoms. The Balaban J connectivity index is 2.25. The molecule has 1 unspecified atom stereocenters. The summed E-state index contributed by atoms with van der Waals surface area (Å²) in [4.78, 5) is 20.2. The van der Waals surface area contributed by atoms with E-state index in [0.717, 1.165) is 0 Å². The van der Waals surface area contributed by atoms with Gasteiger partial charge in [-0.25, -0.2) is 9.97 Å². The Bertz CT molecular complexity index is 548. The number of Topliss-reactive ketones (excluding diaryl/α,β-unsaturated/α-hetero) is 1. The normalized spacial score (nSPS) is 12.1. The van der Waals surface area contributed by atoms with E-state index in [1.807, 2.05) is 24.5 Å². The number of alkyl halides is 1. The maximum absolute atomic E-state index is 12.2. The van der Waals surface area contributed by atoms with Crippen molar-refractivity contribution in [2.24, 2.45) is 0 Å². The standard InChI is InChI=1S/C13H11BrN2OS/c1-18-13-15-8-7-10(16-13)11(14)12(17)9-5-3-2-4-6-9/h2-8,11H,1H3. The molecule has 0 aliphatic carbocycles. The van der Waals surface area contributed by atoms with Gasteiger partial charge in [-0.1, -0.05) is 58.0 Å². The van der Waals surface area contributed by atoms with E-state index in [0.29, 0.717) is 16.4 Å². The van der Waals surface area contributed by atoms with Gasteiger partial charge in [-0.15, -0.1) is 0 Å². The van der Waals surface area contributed by atoms with E-state index < -0.39 is 4.83 Å². The summed E-state index contributed by atoms with van der Waals surface area (Å²) in [5, 5.41) is 0.665. The molecule has 0 N–H and O–H groups in total. The average Bonchev–Trinajstić information content (AvgIpc) is 2.46. The Morgan fingerprint density at radius 1 is 1.28 bits per heavy atom. The van der Waals surface area contributed by atoms with E-state index >= 15 is 0 Å². The van der Waals surface area contributed by atoms with Gasteiger partial charge in [0.05, 0.1) is 5.69 Å². The second-order valence-corrected chi connectivity index (χ2v) is 5.25. The Hall–Kier alpha value is -1.20. The van der Waals surface area contributed by atoms with Gasteiger partial charge < -0.3 is 0 Å². The first kappa shape index (κ1) is 13.2. The molecule has 5 heteroatoms. The van der Waals surface area contributed by atoms with E-state index in [1.165, 1.54) is 11.8 Å². The number of hydrogen-bond donors (Lipinski definition) is 0. The zero-order valence-electron chi connectivity index (χ0n) is 9.71. The summed E-state index contributed by atoms with van der Waals surface area (Å²) < 4.78 is 0. The molecule has 1 atom stereocenters. The number of rotatable bonds is 4. The summed E-state index contributed by atoms with van der Waals surface area (Å²) in [5.41, 5.74) is 1.35. The maximum atomic E-state index is 12.2. The van der Waals surface area contributed by atoms with Gasteiger partial charge in [-0.3, -0.25) is 4.79 Å². The number of ketones is 1. The highest BCUT2D eigenvalue weighted by atomic mass is 79.9. The molecular formula is C13H11BrN2OS. The van der Waals surface area contributed by atoms with Gasteiger partial charge in [0.2, 0.25) is 0 Å². The van der Waals surface area contributed by atoms with Crippen LogP contribution in [-0.4, -0.2) is 22.0 Å². The summed E-state index contributed by atoms with van der Waals surface area (Å²) in [6.45, 7) is 0. The van der Waals surface area contributed by atoms with E-state index in [4.69, 9.17) is 0 Å². The van der Waals surface area contributed by atoms with Crippen molar-refractivity contribution < 1.29 is 4.79 Å². The highest BCUT2D eigenvalue weighted by Gasteiger charge is 2.20. The van der Waals surface area contributed by atoms with Crippen LogP contribution in [0.25, 0.3) is 0 Å². The molecule has 0 saturated carbocycles. The van der Waals surface area contributed by atoms with Crippen LogP contribution in [0.5, 0.6) is 0 Å². The van der Waals surface area contributed by atoms with Crippen molar-refractivity contribution in [2.75, 3.05) is 6.26 Å². The number of halogens is 1. The van der Waals surface area contributed by atoms with Crippen LogP contribution in [0.2, 0.25) is 0 Å². The van der Waals surface area contributed by atoms with Crippen LogP contribution >= 0.6 is 27.7 Å². The highest BCUT2D eigenvalue weighted by Crippen LogP contribution is 2.26. The molecule has 0 amide bonds. The van der Waals surface area contributed by atoms with E-state index in [2.05, 4.69) is 25.9 Å². The van der Waals surface area contributed by atoms with Gasteiger partial charge in [0.15, 0.2) is 10.9 Å². The molecule has 0 radical (unpaired) electrons. The van der Waals surface area contributed by atoms with Crippen LogP contribution in [0.1, 0.15) is 20.9 Å². The van der Waals surface area contributed by atoms with Crippen LogP contribution in [0.15, 0.2) is 47.8 Å². The van der Waals surface area contributed by atoms with Crippen molar-refractivity contribution in [1.82, 2.24) is 9.97 Å². The molecule has 1 heterocycles. The van der Waals surface area contributed by atoms with Gasteiger partial charge in [0.1, 0.15) is 4.83 Å². The van der Waals surface area contributed by atoms with E-state index in [9.17, 15) is 4.79 Å². The van der Waals surface area contributed by atoms with Gasteiger partial charge >= 0.3 is 0 Å². The first-order valence-corrected chi connectivity index (χ1v) is 7.46. The zero-order valence-corrected chi connectivity index (χ0v) is 12.1. The molecule has 2 rings (SSSR count). The lowest BCUT2D eigenvalue weighted by atomic mass is 10.1. The minimum absolute atomic E-state index is 0.00125. The number of nitrogens with zero attached hydrogens (tertiary/aromatic N) is 2. The molecule has 3 nitrogen and oxygen atoms in total. The Kier molecular flexibility index (Phi) is 4.49. The lowest BCUT2D eigenvalue weighted by Crippen LogP contribution is -2.09. The predicted octanol–water partition coefficient (Wildman–Crippen LogP) is 3.52. The molecule has 0 aliphatic rings. The maximum Gasteiger partial charge on any atom is 0.187 e. The largest absolute Gasteiger partial charge is 0.292 e. The fourth-order valence-electron chi connectivity index (χ4n) is 1.48. The first-order valence-electron chi connectivity index (χ1n) is 5.32. The SMILES string of the molecule is CSc1nccc(C(Br)C(=O)c2ccccc2)n1. The van der Waals surface area contributed by atoms with Gasteiger partial charge in [0.25, 0.3) is 0 Å². The first-order chi connectivity index (χ1) is 8.72. The average molecular weight is 323 g/mol. The van der Waals surface area contributed by atoms with Gasteiger partial charge in [-0.2, -0.15) is 0 Å². The Labute approximate surface area is 118 Å². The molecule has 1 aromatic heterocycles. The van der Waals surface area contributed by atoms with Crippen LogP contribution in [0.3, 0.4) is 0 Å². The minimum Gasteiger partial charge on any atom is -0.292 e. The second kappa shape index (κ2) is 6.11. The molecule has 2 aromatic rings. The van der Waals surface area contributed by atoms with Crippen molar-refractivity contribution >= 4 is 33.5 Å². The predicted molar refractivity (Wildman–Crippen MR) is 76.3 cm³/mol. The smallest absolute Gasteiger partial charge is 0.187 e. The van der Waals surface area contributed by atoms with Crippen molar-refractivity contribution in [1.29, 1.82) is 0 Å². The summed E-state index contributed by atoms with van der Waals surface area (Å²) in [6, 6.07) is 10.9. The summed E-state index contributed by atoms with van der Waals surface area (Å²) >= 11 is 4.86. The monoisotopic (exact) mass is 322 g/mol. The summed E-state index contributed by atoms with van der Waals surface area (Å²) in [6.07, 6.45) is 3.57. The number of carbonyl (C=O) groups is 1. The van der Waals surface area contributed by atoms with E-state index in [-0.39, 0.29) is 5.78 Å². The number of carbonyl (C=O) groups excluding carboxylic acids is 1. The fraction of sp³-hybridized carbons (Fsp3) is 0.154. The third-order valence-corrected chi connectivity index (χ3v) is 3.83. The fourth-order valence-corrected chi connectivity index (χ4v) is 2.36. The van der Waals surface area contributed by atoms with Crippen LogP contribution in [-0.2, 0) is 0 Å². The quantitative estimate of drug-likeness (QED) is 0.374. The Morgan fingerprint density at radius 3 is 2.67 bits per heavy atom. The number of hydrogen-bond acceptors (Lipinski definition) is 4. The topological polar surface area (TPSA) is 42.9 Å². The zero-order chi connectivity index (χ0) is 13.0. The van der Waals surface area contributed by atoms with Crippen LogP contribution in [0, 0.1) is 0 Å². The van der Waals surface area contributed by atoms with Crippen LogP contribution < -0.4 is 0 Å². The molecule has 92 valence electrons. The third kappa shape index (κ3) is 2.97. The lowest BCUT2D eigenvalue weighted by molar-refractivity contribution is 0.0990. The third-order valence-electron chi connectivity index (χ3n) is 2.39. The summed E-state index contributed by atoms with van der Waals surface area (Å²) in [5.74, 6) is 0.00125. The van der Waals surface area contributed by atoms with Gasteiger partial charge in [0, 0.05) is 11.8 Å². The molecule has 18 heavy (non-hydrogen) atoms. The van der Waals surface area contributed by atoms with Crippen molar-refractivity contribution in [2.45, 2.75) is 9.98 Å². The summed E-state index contributed by atoms with van der Waals surface area (Å²) in [7, 11) is 0. The molecule has 0 aliphatic heterocycles. The Morgan fingerprint density at radius 2 is 2.00 bits per heavy atom. The number of aromatic nitrogens is 2. The van der Waals surface area contributed by atoms with Crippen molar-refractivity contribution in [3.63, 3.8) is 0 Å². The highest BCUT2D eigenvalue weighted by molar-refractivity contribution is 9.09. The van der Waals surface area contributed by atoms with E-state index in [1.54, 1.807) is 24.4 Å². The van der Waals surface area contributed by atoms with Crippen LogP contribution in [0.4, 0.5) is 0 Å². The molecule has 0 fully saturated rings. The number of thioether (sulfide) groups is 1. The number of benzene rings is 1. The molecule has 1 aromatic carbocycles. The van der Waals surface area contributed by atoms with Crippen molar-refractivity contribution in [3.05, 3.63) is 53.9 Å². The van der Waals surface area contributed by atoms with Crippen molar-refractivity contribution in [3.8, 4) is 0 Å².